The van der Waals surface area contributed by atoms with Crippen LogP contribution >= 0.6 is 0 Å². The van der Waals surface area contributed by atoms with Gasteiger partial charge in [-0.3, -0.25) is 0 Å². The number of fused-ring (bicyclic) bond motifs is 3. The second kappa shape index (κ2) is 14.9. The van der Waals surface area contributed by atoms with Gasteiger partial charge in [0, 0.05) is 27.8 Å². The van der Waals surface area contributed by atoms with Gasteiger partial charge in [0.25, 0.3) is 0 Å². The van der Waals surface area contributed by atoms with Crippen LogP contribution in [0, 0.1) is 13.8 Å². The Labute approximate surface area is 339 Å². The van der Waals surface area contributed by atoms with Crippen molar-refractivity contribution < 1.29 is 4.42 Å². The molecule has 10 rings (SSSR count). The molecule has 0 bridgehead atoms. The SMILES string of the molecule is Cc1ccc(-c2ccc(-c3ccc(N(c4ccc(-c5ccc(-c6ccc(C)cc6)cc5)cc4)c4ccc(-c5ccc6oc7ccccc7c6c5)cc4)cc3)cc2)cc1. The molecule has 0 unspecified atom stereocenters. The van der Waals surface area contributed by atoms with Crippen LogP contribution in [0.25, 0.3) is 77.6 Å². The zero-order valence-electron chi connectivity index (χ0n) is 32.6. The molecule has 0 saturated carbocycles. The molecule has 0 aliphatic heterocycles. The van der Waals surface area contributed by atoms with Crippen molar-refractivity contribution in [3.05, 3.63) is 223 Å². The van der Waals surface area contributed by atoms with E-state index in [1.807, 2.05) is 12.1 Å². The minimum absolute atomic E-state index is 0.907. The molecule has 0 aliphatic carbocycles. The molecule has 2 nitrogen and oxygen atoms in total. The molecule has 0 saturated heterocycles. The number of nitrogens with zero attached hydrogens (tertiary/aromatic N) is 1. The Bertz CT molecular complexity index is 2860. The number of rotatable bonds is 8. The predicted octanol–water partition coefficient (Wildman–Crippen LogP) is 16.0. The zero-order chi connectivity index (χ0) is 39.0. The summed E-state index contributed by atoms with van der Waals surface area (Å²) in [4.78, 5) is 2.34. The first-order chi connectivity index (χ1) is 28.5. The number of anilines is 3. The molecule has 2 heteroatoms. The van der Waals surface area contributed by atoms with E-state index >= 15 is 0 Å². The standard InChI is InChI=1S/C56H41NO/c1-38-7-11-40(12-8-38)42-15-19-44(20-16-42)46-23-30-50(31-24-46)57(51-32-25-47(26-33-51)45-21-17-43(18-22-45)41-13-9-39(2)10-14-41)52-34-27-48(28-35-52)49-29-36-56-54(37-49)53-5-3-4-6-55(53)58-56/h3-37H,1-2H3. The Balaban J connectivity index is 0.970. The van der Waals surface area contributed by atoms with Gasteiger partial charge >= 0.3 is 0 Å². The second-order valence-electron chi connectivity index (χ2n) is 15.2. The van der Waals surface area contributed by atoms with Crippen LogP contribution in [0.4, 0.5) is 17.1 Å². The fraction of sp³-hybridized carbons (Fsp3) is 0.0357. The summed E-state index contributed by atoms with van der Waals surface area (Å²) in [6.45, 7) is 4.25. The molecule has 0 radical (unpaired) electrons. The minimum Gasteiger partial charge on any atom is -0.456 e. The normalized spacial score (nSPS) is 11.3. The minimum atomic E-state index is 0.907. The van der Waals surface area contributed by atoms with E-state index in [1.54, 1.807) is 0 Å². The van der Waals surface area contributed by atoms with Crippen molar-refractivity contribution in [2.24, 2.45) is 0 Å². The maximum Gasteiger partial charge on any atom is 0.135 e. The van der Waals surface area contributed by atoms with E-state index in [1.165, 1.54) is 55.6 Å². The fourth-order valence-corrected chi connectivity index (χ4v) is 7.96. The summed E-state index contributed by atoms with van der Waals surface area (Å²) in [5.74, 6) is 0. The highest BCUT2D eigenvalue weighted by Crippen LogP contribution is 2.39. The summed E-state index contributed by atoms with van der Waals surface area (Å²) in [6, 6.07) is 76.6. The second-order valence-corrected chi connectivity index (χ2v) is 15.2. The maximum absolute atomic E-state index is 6.11. The summed E-state index contributed by atoms with van der Waals surface area (Å²) in [5, 5.41) is 2.27. The molecular formula is C56H41NO. The average Bonchev–Trinajstić information content (AvgIpc) is 3.66. The van der Waals surface area contributed by atoms with E-state index in [2.05, 4.69) is 219 Å². The molecule has 9 aromatic carbocycles. The number of para-hydroxylation sites is 1. The van der Waals surface area contributed by atoms with Gasteiger partial charge in [0.05, 0.1) is 0 Å². The van der Waals surface area contributed by atoms with Crippen molar-refractivity contribution >= 4 is 39.0 Å². The first-order valence-electron chi connectivity index (χ1n) is 19.9. The average molecular weight is 744 g/mol. The van der Waals surface area contributed by atoms with Crippen LogP contribution in [0.2, 0.25) is 0 Å². The number of benzene rings is 9. The third-order valence-corrected chi connectivity index (χ3v) is 11.3. The number of hydrogen-bond acceptors (Lipinski definition) is 2. The summed E-state index contributed by atoms with van der Waals surface area (Å²) in [7, 11) is 0. The molecule has 58 heavy (non-hydrogen) atoms. The van der Waals surface area contributed by atoms with Crippen molar-refractivity contribution in [2.75, 3.05) is 4.90 Å². The van der Waals surface area contributed by atoms with E-state index in [4.69, 9.17) is 4.42 Å². The van der Waals surface area contributed by atoms with Gasteiger partial charge in [0.2, 0.25) is 0 Å². The maximum atomic E-state index is 6.11. The van der Waals surface area contributed by atoms with Gasteiger partial charge in [0.1, 0.15) is 11.2 Å². The van der Waals surface area contributed by atoms with Crippen LogP contribution in [0.15, 0.2) is 217 Å². The molecule has 1 aromatic heterocycles. The van der Waals surface area contributed by atoms with Gasteiger partial charge < -0.3 is 9.32 Å². The highest BCUT2D eigenvalue weighted by Gasteiger charge is 2.15. The lowest BCUT2D eigenvalue weighted by atomic mass is 9.99. The molecule has 276 valence electrons. The van der Waals surface area contributed by atoms with Crippen LogP contribution in [-0.2, 0) is 0 Å². The predicted molar refractivity (Wildman–Crippen MR) is 245 cm³/mol. The van der Waals surface area contributed by atoms with Crippen LogP contribution < -0.4 is 4.90 Å². The van der Waals surface area contributed by atoms with Gasteiger partial charge in [-0.05, 0) is 124 Å². The van der Waals surface area contributed by atoms with Crippen molar-refractivity contribution in [3.63, 3.8) is 0 Å². The molecule has 0 spiro atoms. The number of hydrogen-bond donors (Lipinski definition) is 0. The van der Waals surface area contributed by atoms with Gasteiger partial charge in [-0.25, -0.2) is 0 Å². The third kappa shape index (κ3) is 6.86. The molecule has 1 heterocycles. The van der Waals surface area contributed by atoms with E-state index < -0.39 is 0 Å². The molecule has 0 aliphatic rings. The van der Waals surface area contributed by atoms with Crippen LogP contribution in [0.1, 0.15) is 11.1 Å². The van der Waals surface area contributed by atoms with E-state index in [9.17, 15) is 0 Å². The highest BCUT2D eigenvalue weighted by atomic mass is 16.3. The summed E-state index contributed by atoms with van der Waals surface area (Å²) in [6.07, 6.45) is 0. The summed E-state index contributed by atoms with van der Waals surface area (Å²) >= 11 is 0. The van der Waals surface area contributed by atoms with Crippen LogP contribution in [0.5, 0.6) is 0 Å². The zero-order valence-corrected chi connectivity index (χ0v) is 32.6. The van der Waals surface area contributed by atoms with E-state index in [0.717, 1.165) is 50.1 Å². The Morgan fingerprint density at radius 3 is 0.966 bits per heavy atom. The first kappa shape index (κ1) is 35.0. The van der Waals surface area contributed by atoms with Gasteiger partial charge in [-0.2, -0.15) is 0 Å². The Hall–Kier alpha value is -7.42. The number of aryl methyl sites for hydroxylation is 2. The van der Waals surface area contributed by atoms with Crippen LogP contribution in [-0.4, -0.2) is 0 Å². The topological polar surface area (TPSA) is 16.4 Å². The quantitative estimate of drug-likeness (QED) is 0.154. The van der Waals surface area contributed by atoms with Crippen molar-refractivity contribution in [1.82, 2.24) is 0 Å². The number of furan rings is 1. The van der Waals surface area contributed by atoms with Crippen molar-refractivity contribution in [3.8, 4) is 55.6 Å². The third-order valence-electron chi connectivity index (χ3n) is 11.3. The Morgan fingerprint density at radius 2 is 0.569 bits per heavy atom. The lowest BCUT2D eigenvalue weighted by Crippen LogP contribution is -2.09. The smallest absolute Gasteiger partial charge is 0.135 e. The Kier molecular flexibility index (Phi) is 9.01. The molecule has 10 aromatic rings. The molecule has 0 atom stereocenters. The first-order valence-corrected chi connectivity index (χ1v) is 19.9. The largest absolute Gasteiger partial charge is 0.456 e. The van der Waals surface area contributed by atoms with Crippen molar-refractivity contribution in [2.45, 2.75) is 13.8 Å². The molecule has 0 N–H and O–H groups in total. The van der Waals surface area contributed by atoms with Gasteiger partial charge in [0.15, 0.2) is 0 Å². The highest BCUT2D eigenvalue weighted by molar-refractivity contribution is 6.06. The lowest BCUT2D eigenvalue weighted by Gasteiger charge is -2.26. The monoisotopic (exact) mass is 743 g/mol. The van der Waals surface area contributed by atoms with E-state index in [0.29, 0.717) is 0 Å². The Morgan fingerprint density at radius 1 is 0.276 bits per heavy atom. The van der Waals surface area contributed by atoms with E-state index in [-0.39, 0.29) is 0 Å². The van der Waals surface area contributed by atoms with Gasteiger partial charge in [-0.1, -0.05) is 169 Å². The van der Waals surface area contributed by atoms with Gasteiger partial charge in [-0.15, -0.1) is 0 Å². The fourth-order valence-electron chi connectivity index (χ4n) is 7.96. The lowest BCUT2D eigenvalue weighted by molar-refractivity contribution is 0.669. The van der Waals surface area contributed by atoms with Crippen molar-refractivity contribution in [1.29, 1.82) is 0 Å². The summed E-state index contributed by atoms with van der Waals surface area (Å²) < 4.78 is 6.11. The molecule has 0 amide bonds. The molecule has 0 fully saturated rings. The molecular weight excluding hydrogens is 703 g/mol. The van der Waals surface area contributed by atoms with Crippen LogP contribution in [0.3, 0.4) is 0 Å². The summed E-state index contributed by atoms with van der Waals surface area (Å²) in [5.41, 5.74) is 19.6.